The minimum atomic E-state index is -3.26. The first kappa shape index (κ1) is 11.1. The number of carboxylic acid groups (broad SMARTS) is 1. The second-order valence-corrected chi connectivity index (χ2v) is 4.17. The number of carbonyl (C=O) groups is 1. The molecule has 0 aromatic heterocycles. The summed E-state index contributed by atoms with van der Waals surface area (Å²) < 4.78 is 26.3. The van der Waals surface area contributed by atoms with E-state index in [1.165, 1.54) is 0 Å². The van der Waals surface area contributed by atoms with Gasteiger partial charge in [-0.15, -0.1) is 0 Å². The Labute approximate surface area is 94.3 Å². The average molecular weight is 249 g/mol. The summed E-state index contributed by atoms with van der Waals surface area (Å²) >= 11 is 5.56. The van der Waals surface area contributed by atoms with Crippen molar-refractivity contribution in [1.29, 1.82) is 0 Å². The largest absolute Gasteiger partial charge is 0.506 e. The Bertz CT molecular complexity index is 475. The summed E-state index contributed by atoms with van der Waals surface area (Å²) in [6, 6.07) is 3.32. The third-order valence-corrected chi connectivity index (χ3v) is 3.09. The van der Waals surface area contributed by atoms with Gasteiger partial charge in [-0.25, -0.2) is 8.78 Å². The highest BCUT2D eigenvalue weighted by Crippen LogP contribution is 2.62. The van der Waals surface area contributed by atoms with Gasteiger partial charge >= 0.3 is 5.97 Å². The van der Waals surface area contributed by atoms with Gasteiger partial charge in [0.25, 0.3) is 5.92 Å². The summed E-state index contributed by atoms with van der Waals surface area (Å²) in [6.07, 6.45) is -0.740. The van der Waals surface area contributed by atoms with E-state index in [2.05, 4.69) is 0 Å². The summed E-state index contributed by atoms with van der Waals surface area (Å²) in [7, 11) is 0. The number of halogens is 3. The minimum absolute atomic E-state index is 0.0900. The standard InChI is InChI=1S/C10H7ClF2O3/c11-6-3-5(1-2-7(6)14)9(8(15)16)4-10(9,12)13/h1-3,14H,4H2,(H,15,16). The lowest BCUT2D eigenvalue weighted by Gasteiger charge is -2.12. The molecule has 1 aromatic carbocycles. The van der Waals surface area contributed by atoms with Crippen molar-refractivity contribution in [2.45, 2.75) is 17.8 Å². The number of rotatable bonds is 2. The SMILES string of the molecule is O=C(O)C1(c2ccc(O)c(Cl)c2)CC1(F)F. The van der Waals surface area contributed by atoms with Crippen LogP contribution in [-0.2, 0) is 10.2 Å². The van der Waals surface area contributed by atoms with Gasteiger partial charge in [0.05, 0.1) is 5.02 Å². The van der Waals surface area contributed by atoms with Crippen molar-refractivity contribution in [3.63, 3.8) is 0 Å². The second kappa shape index (κ2) is 3.07. The number of phenols is 1. The van der Waals surface area contributed by atoms with Crippen molar-refractivity contribution >= 4 is 17.6 Å². The molecule has 16 heavy (non-hydrogen) atoms. The molecule has 3 nitrogen and oxygen atoms in total. The van der Waals surface area contributed by atoms with E-state index >= 15 is 0 Å². The highest BCUT2D eigenvalue weighted by Gasteiger charge is 2.77. The number of carboxylic acids is 1. The summed E-state index contributed by atoms with van der Waals surface area (Å²) in [6.45, 7) is 0. The second-order valence-electron chi connectivity index (χ2n) is 3.76. The summed E-state index contributed by atoms with van der Waals surface area (Å²) in [4.78, 5) is 10.9. The highest BCUT2D eigenvalue weighted by atomic mass is 35.5. The van der Waals surface area contributed by atoms with Crippen molar-refractivity contribution in [2.24, 2.45) is 0 Å². The van der Waals surface area contributed by atoms with E-state index in [4.69, 9.17) is 21.8 Å². The molecule has 1 unspecified atom stereocenters. The first-order valence-corrected chi connectivity index (χ1v) is 4.79. The van der Waals surface area contributed by atoms with E-state index in [0.29, 0.717) is 0 Å². The number of aliphatic carboxylic acids is 1. The van der Waals surface area contributed by atoms with Gasteiger partial charge in [-0.1, -0.05) is 17.7 Å². The molecular weight excluding hydrogens is 242 g/mol. The number of alkyl halides is 2. The molecule has 86 valence electrons. The molecule has 2 rings (SSSR count). The van der Waals surface area contributed by atoms with Crippen LogP contribution in [0.15, 0.2) is 18.2 Å². The Hall–Kier alpha value is -1.36. The predicted molar refractivity (Wildman–Crippen MR) is 52.0 cm³/mol. The molecule has 1 fully saturated rings. The smallest absolute Gasteiger partial charge is 0.320 e. The van der Waals surface area contributed by atoms with E-state index in [1.807, 2.05) is 0 Å². The van der Waals surface area contributed by atoms with Gasteiger partial charge in [-0.3, -0.25) is 4.79 Å². The Morgan fingerprint density at radius 3 is 2.38 bits per heavy atom. The van der Waals surface area contributed by atoms with Crippen LogP contribution in [0.3, 0.4) is 0 Å². The third-order valence-electron chi connectivity index (χ3n) is 2.79. The molecular formula is C10H7ClF2O3. The van der Waals surface area contributed by atoms with Gasteiger partial charge in [0.15, 0.2) is 5.41 Å². The molecule has 6 heteroatoms. The third kappa shape index (κ3) is 1.28. The van der Waals surface area contributed by atoms with Crippen LogP contribution in [0.5, 0.6) is 5.75 Å². The quantitative estimate of drug-likeness (QED) is 0.845. The Kier molecular flexibility index (Phi) is 2.14. The van der Waals surface area contributed by atoms with Gasteiger partial charge in [0.2, 0.25) is 0 Å². The summed E-state index contributed by atoms with van der Waals surface area (Å²) in [5.41, 5.74) is -2.28. The molecule has 0 spiro atoms. The van der Waals surface area contributed by atoms with Crippen molar-refractivity contribution in [2.75, 3.05) is 0 Å². The van der Waals surface area contributed by atoms with Gasteiger partial charge in [0, 0.05) is 6.42 Å². The molecule has 1 atom stereocenters. The lowest BCUT2D eigenvalue weighted by molar-refractivity contribution is -0.142. The minimum Gasteiger partial charge on any atom is -0.506 e. The number of aromatic hydroxyl groups is 1. The van der Waals surface area contributed by atoms with Crippen LogP contribution < -0.4 is 0 Å². The molecule has 0 heterocycles. The first-order valence-electron chi connectivity index (χ1n) is 4.41. The molecule has 1 saturated carbocycles. The first-order chi connectivity index (χ1) is 7.31. The Morgan fingerprint density at radius 2 is 2.00 bits per heavy atom. The maximum absolute atomic E-state index is 13.1. The Balaban J connectivity index is 2.51. The monoisotopic (exact) mass is 248 g/mol. The maximum atomic E-state index is 13.1. The molecule has 0 aliphatic heterocycles. The molecule has 0 bridgehead atoms. The van der Waals surface area contributed by atoms with Gasteiger partial charge < -0.3 is 10.2 Å². The van der Waals surface area contributed by atoms with Crippen LogP contribution in [0.25, 0.3) is 0 Å². The Morgan fingerprint density at radius 1 is 1.44 bits per heavy atom. The molecule has 1 aliphatic carbocycles. The van der Waals surface area contributed by atoms with Crippen molar-refractivity contribution in [1.82, 2.24) is 0 Å². The highest BCUT2D eigenvalue weighted by molar-refractivity contribution is 6.32. The zero-order valence-electron chi connectivity index (χ0n) is 7.88. The van der Waals surface area contributed by atoms with Crippen LogP contribution in [0, 0.1) is 0 Å². The van der Waals surface area contributed by atoms with Crippen LogP contribution >= 0.6 is 11.6 Å². The van der Waals surface area contributed by atoms with E-state index < -0.39 is 23.7 Å². The molecule has 1 aromatic rings. The maximum Gasteiger partial charge on any atom is 0.320 e. The van der Waals surface area contributed by atoms with E-state index in [-0.39, 0.29) is 16.3 Å². The van der Waals surface area contributed by atoms with Crippen LogP contribution in [0.4, 0.5) is 8.78 Å². The van der Waals surface area contributed by atoms with Crippen LogP contribution in [0.2, 0.25) is 5.02 Å². The fraction of sp³-hybridized carbons (Fsp3) is 0.300. The predicted octanol–water partition coefficient (Wildman–Crippen LogP) is 2.41. The van der Waals surface area contributed by atoms with E-state index in [1.54, 1.807) is 0 Å². The molecule has 1 aliphatic rings. The number of hydrogen-bond acceptors (Lipinski definition) is 2. The van der Waals surface area contributed by atoms with Gasteiger partial charge in [-0.05, 0) is 17.7 Å². The normalized spacial score (nSPS) is 26.4. The van der Waals surface area contributed by atoms with Crippen LogP contribution in [0.1, 0.15) is 12.0 Å². The topological polar surface area (TPSA) is 57.5 Å². The lowest BCUT2D eigenvalue weighted by Crippen LogP contribution is -2.27. The van der Waals surface area contributed by atoms with E-state index in [0.717, 1.165) is 18.2 Å². The van der Waals surface area contributed by atoms with Crippen molar-refractivity contribution in [3.8, 4) is 5.75 Å². The lowest BCUT2D eigenvalue weighted by atomic mass is 9.95. The van der Waals surface area contributed by atoms with Crippen LogP contribution in [-0.4, -0.2) is 22.1 Å². The molecule has 0 amide bonds. The zero-order chi connectivity index (χ0) is 12.1. The fourth-order valence-electron chi connectivity index (χ4n) is 1.73. The summed E-state index contributed by atoms with van der Waals surface area (Å²) in [5, 5.41) is 17.9. The van der Waals surface area contributed by atoms with Gasteiger partial charge in [0.1, 0.15) is 5.75 Å². The average Bonchev–Trinajstić information content (AvgIpc) is 2.75. The number of benzene rings is 1. The molecule has 0 saturated heterocycles. The number of hydrogen-bond donors (Lipinski definition) is 2. The molecule has 0 radical (unpaired) electrons. The van der Waals surface area contributed by atoms with Crippen molar-refractivity contribution in [3.05, 3.63) is 28.8 Å². The molecule has 2 N–H and O–H groups in total. The number of phenolic OH excluding ortho intramolecular Hbond substituents is 1. The fourth-order valence-corrected chi connectivity index (χ4v) is 1.91. The zero-order valence-corrected chi connectivity index (χ0v) is 8.63. The van der Waals surface area contributed by atoms with Gasteiger partial charge in [-0.2, -0.15) is 0 Å². The van der Waals surface area contributed by atoms with Crippen molar-refractivity contribution < 1.29 is 23.8 Å². The van der Waals surface area contributed by atoms with E-state index in [9.17, 15) is 13.6 Å². The summed E-state index contributed by atoms with van der Waals surface area (Å²) in [5.74, 6) is -5.12.